The first kappa shape index (κ1) is 14.7. The lowest BCUT2D eigenvalue weighted by molar-refractivity contribution is -0.137. The van der Waals surface area contributed by atoms with Crippen LogP contribution < -0.4 is 10.1 Å². The normalized spacial score (nSPS) is 21.9. The maximum atomic E-state index is 12.6. The summed E-state index contributed by atoms with van der Waals surface area (Å²) in [6.45, 7) is 0.467. The number of nitriles is 1. The van der Waals surface area contributed by atoms with Crippen molar-refractivity contribution in [2.24, 2.45) is 5.92 Å². The first-order valence-corrected chi connectivity index (χ1v) is 6.35. The lowest BCUT2D eigenvalue weighted by Crippen LogP contribution is -2.41. The second kappa shape index (κ2) is 5.71. The third-order valence-electron chi connectivity index (χ3n) is 3.55. The Bertz CT molecular complexity index is 516. The first-order chi connectivity index (χ1) is 9.44. The summed E-state index contributed by atoms with van der Waals surface area (Å²) >= 11 is 0. The molecule has 0 aromatic heterocycles. The molecule has 1 aromatic rings. The van der Waals surface area contributed by atoms with Crippen molar-refractivity contribution in [1.29, 1.82) is 5.26 Å². The monoisotopic (exact) mass is 284 g/mol. The van der Waals surface area contributed by atoms with E-state index < -0.39 is 17.3 Å². The second-order valence-corrected chi connectivity index (χ2v) is 4.95. The number of hydrogen-bond acceptors (Lipinski definition) is 3. The van der Waals surface area contributed by atoms with Crippen LogP contribution in [0.2, 0.25) is 0 Å². The van der Waals surface area contributed by atoms with Crippen LogP contribution in [0.4, 0.5) is 13.2 Å². The van der Waals surface area contributed by atoms with Gasteiger partial charge >= 0.3 is 6.18 Å². The Balaban J connectivity index is 1.99. The van der Waals surface area contributed by atoms with Crippen LogP contribution in [0.3, 0.4) is 0 Å². The van der Waals surface area contributed by atoms with Crippen molar-refractivity contribution in [2.45, 2.75) is 25.1 Å². The zero-order valence-corrected chi connectivity index (χ0v) is 11.0. The van der Waals surface area contributed by atoms with Crippen molar-refractivity contribution in [2.75, 3.05) is 13.7 Å². The Morgan fingerprint density at radius 3 is 2.65 bits per heavy atom. The fourth-order valence-corrected chi connectivity index (χ4v) is 2.27. The van der Waals surface area contributed by atoms with Gasteiger partial charge in [0.1, 0.15) is 5.75 Å². The van der Waals surface area contributed by atoms with E-state index in [0.29, 0.717) is 24.3 Å². The van der Waals surface area contributed by atoms with Crippen molar-refractivity contribution in [3.8, 4) is 11.8 Å². The molecule has 0 unspecified atom stereocenters. The molecule has 0 amide bonds. The Hall–Kier alpha value is -1.74. The molecule has 3 nitrogen and oxygen atoms in total. The average Bonchev–Trinajstić information content (AvgIpc) is 2.35. The summed E-state index contributed by atoms with van der Waals surface area (Å²) in [5.41, 5.74) is -1.33. The van der Waals surface area contributed by atoms with Gasteiger partial charge in [0.15, 0.2) is 0 Å². The number of ether oxygens (including phenoxy) is 1. The molecule has 1 aliphatic rings. The SMILES string of the molecule is CNC1CC(COc2ccc(C(F)(F)F)c(C#N)c2)C1. The standard InChI is InChI=1S/C14H15F3N2O/c1-19-11-4-9(5-11)8-20-12-2-3-13(14(15,16)17)10(6-12)7-18/h2-3,6,9,11,19H,4-5,8H2,1H3. The molecular weight excluding hydrogens is 269 g/mol. The predicted octanol–water partition coefficient (Wildman–Crippen LogP) is 2.95. The van der Waals surface area contributed by atoms with E-state index in [1.54, 1.807) is 6.07 Å². The topological polar surface area (TPSA) is 45.0 Å². The Kier molecular flexibility index (Phi) is 4.19. The molecule has 1 fully saturated rings. The van der Waals surface area contributed by atoms with Gasteiger partial charge in [0.25, 0.3) is 0 Å². The van der Waals surface area contributed by atoms with Gasteiger partial charge < -0.3 is 10.1 Å². The van der Waals surface area contributed by atoms with Crippen LogP contribution >= 0.6 is 0 Å². The van der Waals surface area contributed by atoms with E-state index in [0.717, 1.165) is 25.0 Å². The van der Waals surface area contributed by atoms with Crippen molar-refractivity contribution >= 4 is 0 Å². The Morgan fingerprint density at radius 1 is 1.40 bits per heavy atom. The summed E-state index contributed by atoms with van der Waals surface area (Å²) in [6, 6.07) is 5.38. The Morgan fingerprint density at radius 2 is 2.10 bits per heavy atom. The minimum absolute atomic E-state index is 0.308. The van der Waals surface area contributed by atoms with E-state index >= 15 is 0 Å². The number of alkyl halides is 3. The van der Waals surface area contributed by atoms with Gasteiger partial charge in [-0.15, -0.1) is 0 Å². The summed E-state index contributed by atoms with van der Waals surface area (Å²) in [4.78, 5) is 0. The van der Waals surface area contributed by atoms with Crippen LogP contribution in [0.25, 0.3) is 0 Å². The molecule has 1 aliphatic carbocycles. The summed E-state index contributed by atoms with van der Waals surface area (Å²) in [7, 11) is 1.90. The van der Waals surface area contributed by atoms with Gasteiger partial charge in [0, 0.05) is 6.04 Å². The maximum absolute atomic E-state index is 12.6. The lowest BCUT2D eigenvalue weighted by atomic mass is 9.81. The van der Waals surface area contributed by atoms with Crippen molar-refractivity contribution in [3.05, 3.63) is 29.3 Å². The molecule has 2 rings (SSSR count). The minimum Gasteiger partial charge on any atom is -0.493 e. The number of hydrogen-bond donors (Lipinski definition) is 1. The molecule has 1 saturated carbocycles. The third kappa shape index (κ3) is 3.23. The molecule has 0 atom stereocenters. The van der Waals surface area contributed by atoms with Crippen LogP contribution in [-0.2, 0) is 6.18 Å². The smallest absolute Gasteiger partial charge is 0.417 e. The predicted molar refractivity (Wildman–Crippen MR) is 67.2 cm³/mol. The second-order valence-electron chi connectivity index (χ2n) is 4.95. The van der Waals surface area contributed by atoms with Crippen molar-refractivity contribution in [3.63, 3.8) is 0 Å². The molecule has 108 valence electrons. The number of nitrogens with one attached hydrogen (secondary N) is 1. The van der Waals surface area contributed by atoms with Gasteiger partial charge in [-0.2, -0.15) is 18.4 Å². The van der Waals surface area contributed by atoms with Gasteiger partial charge in [-0.05, 0) is 44.0 Å². The van der Waals surface area contributed by atoms with E-state index in [4.69, 9.17) is 10.00 Å². The van der Waals surface area contributed by atoms with Crippen LogP contribution in [0, 0.1) is 17.2 Å². The molecule has 6 heteroatoms. The van der Waals surface area contributed by atoms with E-state index in [9.17, 15) is 13.2 Å². The zero-order valence-electron chi connectivity index (χ0n) is 11.0. The molecule has 0 radical (unpaired) electrons. The zero-order chi connectivity index (χ0) is 14.8. The molecule has 0 saturated heterocycles. The van der Waals surface area contributed by atoms with Crippen LogP contribution in [0.15, 0.2) is 18.2 Å². The first-order valence-electron chi connectivity index (χ1n) is 6.35. The number of halogens is 3. The number of rotatable bonds is 4. The Labute approximate surface area is 115 Å². The van der Waals surface area contributed by atoms with Gasteiger partial charge in [-0.25, -0.2) is 0 Å². The summed E-state index contributed by atoms with van der Waals surface area (Å²) in [5.74, 6) is 0.725. The summed E-state index contributed by atoms with van der Waals surface area (Å²) in [5, 5.41) is 11.9. The fraction of sp³-hybridized carbons (Fsp3) is 0.500. The molecular formula is C14H15F3N2O. The van der Waals surface area contributed by atoms with Crippen molar-refractivity contribution in [1.82, 2.24) is 5.32 Å². The molecule has 20 heavy (non-hydrogen) atoms. The average molecular weight is 284 g/mol. The van der Waals surface area contributed by atoms with E-state index in [2.05, 4.69) is 5.32 Å². The summed E-state index contributed by atoms with van der Waals surface area (Å²) in [6.07, 6.45) is -2.51. The lowest BCUT2D eigenvalue weighted by Gasteiger charge is -2.34. The fourth-order valence-electron chi connectivity index (χ4n) is 2.27. The van der Waals surface area contributed by atoms with Crippen molar-refractivity contribution < 1.29 is 17.9 Å². The summed E-state index contributed by atoms with van der Waals surface area (Å²) < 4.78 is 43.4. The highest BCUT2D eigenvalue weighted by Gasteiger charge is 2.34. The van der Waals surface area contributed by atoms with E-state index in [-0.39, 0.29) is 0 Å². The minimum atomic E-state index is -4.52. The van der Waals surface area contributed by atoms with Gasteiger partial charge in [0.05, 0.1) is 23.8 Å². The molecule has 1 N–H and O–H groups in total. The van der Waals surface area contributed by atoms with E-state index in [1.807, 2.05) is 7.05 Å². The van der Waals surface area contributed by atoms with Gasteiger partial charge in [-0.3, -0.25) is 0 Å². The molecule has 0 aliphatic heterocycles. The van der Waals surface area contributed by atoms with Gasteiger partial charge in [0.2, 0.25) is 0 Å². The third-order valence-corrected chi connectivity index (χ3v) is 3.55. The highest BCUT2D eigenvalue weighted by atomic mass is 19.4. The van der Waals surface area contributed by atoms with Crippen LogP contribution in [-0.4, -0.2) is 19.7 Å². The largest absolute Gasteiger partial charge is 0.493 e. The van der Waals surface area contributed by atoms with Crippen LogP contribution in [0.5, 0.6) is 5.75 Å². The maximum Gasteiger partial charge on any atom is 0.417 e. The van der Waals surface area contributed by atoms with Gasteiger partial charge in [-0.1, -0.05) is 0 Å². The van der Waals surface area contributed by atoms with Crippen LogP contribution in [0.1, 0.15) is 24.0 Å². The van der Waals surface area contributed by atoms with E-state index in [1.165, 1.54) is 6.07 Å². The molecule has 0 spiro atoms. The molecule has 0 heterocycles. The highest BCUT2D eigenvalue weighted by molar-refractivity contribution is 5.44. The molecule has 0 bridgehead atoms. The number of nitrogens with zero attached hydrogens (tertiary/aromatic N) is 1. The number of benzene rings is 1. The highest BCUT2D eigenvalue weighted by Crippen LogP contribution is 2.34. The molecule has 1 aromatic carbocycles. The quantitative estimate of drug-likeness (QED) is 0.924.